The standard InChI is InChI=1S/C30H28ClF4N5O3/c1-29(11-18-10-22(31)26-20(13-36-38-26)21(18)14-40(28(29)43)15-30(33,34)35)12-24(41)39-7-5-16(6-8-39)19-9-17-3-2-4-23(32)25(17)37-27(19)42/h2-4,9-10,13,16H,5-8,11-12,14-15H2,1H3,(H,36,38)(H,37,42)/t29-/m0/s1. The van der Waals surface area contributed by atoms with Gasteiger partial charge >= 0.3 is 6.18 Å². The first-order valence-corrected chi connectivity index (χ1v) is 14.3. The molecule has 1 saturated heterocycles. The molecule has 226 valence electrons. The number of rotatable bonds is 4. The van der Waals surface area contributed by atoms with Crippen LogP contribution in [-0.2, 0) is 22.6 Å². The van der Waals surface area contributed by atoms with Gasteiger partial charge in [-0.25, -0.2) is 4.39 Å². The minimum Gasteiger partial charge on any atom is -0.343 e. The molecule has 2 aromatic heterocycles. The molecule has 4 heterocycles. The number of fused-ring (bicyclic) bond motifs is 4. The molecule has 2 N–H and O–H groups in total. The van der Waals surface area contributed by atoms with E-state index in [0.29, 0.717) is 63.9 Å². The highest BCUT2D eigenvalue weighted by molar-refractivity contribution is 6.35. The van der Waals surface area contributed by atoms with Gasteiger partial charge in [0.2, 0.25) is 11.8 Å². The molecule has 4 aromatic rings. The molecule has 0 aliphatic carbocycles. The fourth-order valence-electron chi connectivity index (χ4n) is 6.55. The highest BCUT2D eigenvalue weighted by Gasteiger charge is 2.46. The van der Waals surface area contributed by atoms with Gasteiger partial charge in [0.1, 0.15) is 12.4 Å². The summed E-state index contributed by atoms with van der Waals surface area (Å²) in [5, 5.41) is 8.17. The fraction of sp³-hybridized carbons (Fsp3) is 0.400. The van der Waals surface area contributed by atoms with Crippen LogP contribution < -0.4 is 5.56 Å². The summed E-state index contributed by atoms with van der Waals surface area (Å²) >= 11 is 6.44. The molecule has 6 rings (SSSR count). The maximum absolute atomic E-state index is 14.1. The van der Waals surface area contributed by atoms with Gasteiger partial charge in [-0.1, -0.05) is 23.7 Å². The van der Waals surface area contributed by atoms with E-state index in [1.54, 1.807) is 29.2 Å². The largest absolute Gasteiger partial charge is 0.406 e. The summed E-state index contributed by atoms with van der Waals surface area (Å²) < 4.78 is 54.9. The van der Waals surface area contributed by atoms with Crippen LogP contribution >= 0.6 is 11.6 Å². The van der Waals surface area contributed by atoms with Gasteiger partial charge in [-0.2, -0.15) is 18.3 Å². The van der Waals surface area contributed by atoms with E-state index in [1.807, 2.05) is 0 Å². The van der Waals surface area contributed by atoms with Gasteiger partial charge < -0.3 is 14.8 Å². The highest BCUT2D eigenvalue weighted by Crippen LogP contribution is 2.41. The van der Waals surface area contributed by atoms with Crippen molar-refractivity contribution in [2.24, 2.45) is 5.41 Å². The number of alkyl halides is 3. The Kier molecular flexibility index (Phi) is 7.22. The maximum Gasteiger partial charge on any atom is 0.406 e. The minimum atomic E-state index is -4.64. The average Bonchev–Trinajstić information content (AvgIpc) is 3.41. The molecule has 0 radical (unpaired) electrons. The quantitative estimate of drug-likeness (QED) is 0.298. The Hall–Kier alpha value is -3.93. The number of nitrogens with one attached hydrogen (secondary N) is 2. The number of para-hydroxylation sites is 1. The molecule has 2 aromatic carbocycles. The topological polar surface area (TPSA) is 102 Å². The van der Waals surface area contributed by atoms with Gasteiger partial charge in [-0.3, -0.25) is 19.5 Å². The molecular formula is C30H28ClF4N5O3. The third kappa shape index (κ3) is 5.48. The second kappa shape index (κ2) is 10.7. The number of aromatic nitrogens is 3. The zero-order valence-corrected chi connectivity index (χ0v) is 23.9. The van der Waals surface area contributed by atoms with E-state index in [-0.39, 0.29) is 42.3 Å². The van der Waals surface area contributed by atoms with E-state index in [2.05, 4.69) is 15.2 Å². The number of hydrogen-bond acceptors (Lipinski definition) is 4. The number of nitrogens with zero attached hydrogens (tertiary/aromatic N) is 3. The van der Waals surface area contributed by atoms with Crippen LogP contribution in [0.15, 0.2) is 41.3 Å². The average molecular weight is 618 g/mol. The monoisotopic (exact) mass is 617 g/mol. The Morgan fingerprint density at radius 2 is 1.91 bits per heavy atom. The first-order valence-electron chi connectivity index (χ1n) is 13.9. The van der Waals surface area contributed by atoms with Gasteiger partial charge in [-0.15, -0.1) is 0 Å². The SMILES string of the molecule is C[C@@]1(CC(=O)N2CCC(c3cc4cccc(F)c4[nH]c3=O)CC2)Cc2cc(Cl)c3[nH]ncc3c2CN(CC(F)(F)F)C1=O. The normalized spacial score (nSPS) is 20.1. The lowest BCUT2D eigenvalue weighted by molar-refractivity contribution is -0.169. The van der Waals surface area contributed by atoms with Crippen LogP contribution in [0, 0.1) is 11.2 Å². The number of piperidine rings is 1. The molecule has 0 unspecified atom stereocenters. The molecule has 8 nitrogen and oxygen atoms in total. The van der Waals surface area contributed by atoms with Crippen molar-refractivity contribution in [2.45, 2.75) is 51.2 Å². The molecule has 0 bridgehead atoms. The molecule has 1 fully saturated rings. The number of hydrogen-bond donors (Lipinski definition) is 2. The van der Waals surface area contributed by atoms with Gasteiger partial charge in [-0.05, 0) is 61.4 Å². The predicted molar refractivity (Wildman–Crippen MR) is 152 cm³/mol. The lowest BCUT2D eigenvalue weighted by atomic mass is 9.78. The van der Waals surface area contributed by atoms with Crippen molar-refractivity contribution in [3.8, 4) is 0 Å². The van der Waals surface area contributed by atoms with Crippen molar-refractivity contribution >= 4 is 45.2 Å². The van der Waals surface area contributed by atoms with Crippen molar-refractivity contribution in [3.05, 3.63) is 74.4 Å². The highest BCUT2D eigenvalue weighted by atomic mass is 35.5. The number of likely N-dealkylation sites (tertiary alicyclic amines) is 1. The number of halogens is 5. The Labute approximate surface area is 248 Å². The second-order valence-electron chi connectivity index (χ2n) is 11.8. The lowest BCUT2D eigenvalue weighted by Crippen LogP contribution is -2.48. The van der Waals surface area contributed by atoms with E-state index >= 15 is 0 Å². The molecule has 0 spiro atoms. The number of H-pyrrole nitrogens is 2. The van der Waals surface area contributed by atoms with Crippen LogP contribution in [0.4, 0.5) is 17.6 Å². The van der Waals surface area contributed by atoms with Crippen LogP contribution in [-0.4, -0.2) is 62.6 Å². The third-order valence-electron chi connectivity index (χ3n) is 8.68. The van der Waals surface area contributed by atoms with Crippen LogP contribution in [0.25, 0.3) is 21.8 Å². The first-order chi connectivity index (χ1) is 20.3. The van der Waals surface area contributed by atoms with E-state index in [4.69, 9.17) is 11.6 Å². The third-order valence-corrected chi connectivity index (χ3v) is 8.98. The lowest BCUT2D eigenvalue weighted by Gasteiger charge is -2.36. The summed E-state index contributed by atoms with van der Waals surface area (Å²) in [5.74, 6) is -1.79. The number of carbonyl (C=O) groups excluding carboxylic acids is 2. The van der Waals surface area contributed by atoms with Crippen molar-refractivity contribution in [1.82, 2.24) is 25.0 Å². The Morgan fingerprint density at radius 3 is 2.63 bits per heavy atom. The van der Waals surface area contributed by atoms with E-state index in [0.717, 1.165) is 4.90 Å². The summed E-state index contributed by atoms with van der Waals surface area (Å²) in [4.78, 5) is 45.0. The van der Waals surface area contributed by atoms with E-state index < -0.39 is 29.9 Å². The molecule has 2 aliphatic heterocycles. The summed E-state index contributed by atoms with van der Waals surface area (Å²) in [5.41, 5.74) is 0.399. The first kappa shape index (κ1) is 29.2. The molecule has 13 heteroatoms. The number of pyridine rings is 1. The van der Waals surface area contributed by atoms with Crippen LogP contribution in [0.3, 0.4) is 0 Å². The molecule has 1 atom stereocenters. The second-order valence-corrected chi connectivity index (χ2v) is 12.2. The zero-order valence-electron chi connectivity index (χ0n) is 23.2. The van der Waals surface area contributed by atoms with Crippen molar-refractivity contribution < 1.29 is 27.2 Å². The summed E-state index contributed by atoms with van der Waals surface area (Å²) in [6.45, 7) is 0.393. The van der Waals surface area contributed by atoms with Gasteiger partial charge in [0.05, 0.1) is 27.7 Å². The fourth-order valence-corrected chi connectivity index (χ4v) is 6.83. The number of aromatic amines is 2. The molecule has 43 heavy (non-hydrogen) atoms. The minimum absolute atomic E-state index is 0.0294. The Morgan fingerprint density at radius 1 is 1.16 bits per heavy atom. The molecule has 2 amide bonds. The number of carbonyl (C=O) groups is 2. The van der Waals surface area contributed by atoms with E-state index in [1.165, 1.54) is 19.2 Å². The van der Waals surface area contributed by atoms with Crippen molar-refractivity contribution in [1.29, 1.82) is 0 Å². The van der Waals surface area contributed by atoms with E-state index in [9.17, 15) is 31.9 Å². The summed E-state index contributed by atoms with van der Waals surface area (Å²) in [7, 11) is 0. The predicted octanol–water partition coefficient (Wildman–Crippen LogP) is 5.45. The van der Waals surface area contributed by atoms with Gasteiger partial charge in [0, 0.05) is 42.4 Å². The number of amides is 2. The molecule has 0 saturated carbocycles. The van der Waals surface area contributed by atoms with Crippen LogP contribution in [0.2, 0.25) is 5.02 Å². The van der Waals surface area contributed by atoms with Gasteiger partial charge in [0.15, 0.2) is 0 Å². The summed E-state index contributed by atoms with van der Waals surface area (Å²) in [6, 6.07) is 7.86. The van der Waals surface area contributed by atoms with Crippen LogP contribution in [0.5, 0.6) is 0 Å². The van der Waals surface area contributed by atoms with Gasteiger partial charge in [0.25, 0.3) is 5.56 Å². The number of benzene rings is 2. The molecule has 2 aliphatic rings. The maximum atomic E-state index is 14.1. The van der Waals surface area contributed by atoms with Crippen molar-refractivity contribution in [2.75, 3.05) is 19.6 Å². The zero-order chi connectivity index (χ0) is 30.7. The van der Waals surface area contributed by atoms with Crippen molar-refractivity contribution in [3.63, 3.8) is 0 Å². The Bertz CT molecular complexity index is 1810. The summed E-state index contributed by atoms with van der Waals surface area (Å²) in [6.07, 6.45) is -2.48. The Balaban J connectivity index is 1.23. The smallest absolute Gasteiger partial charge is 0.343 e. The molecular weight excluding hydrogens is 590 g/mol. The van der Waals surface area contributed by atoms with Crippen LogP contribution in [0.1, 0.15) is 48.8 Å².